The second-order valence-electron chi connectivity index (χ2n) is 4.77. The van der Waals surface area contributed by atoms with E-state index in [9.17, 15) is 9.59 Å². The molecule has 0 aliphatic carbocycles. The summed E-state index contributed by atoms with van der Waals surface area (Å²) in [5.74, 6) is 0.0940. The molecule has 116 valence electrons. The number of esters is 1. The monoisotopic (exact) mass is 365 g/mol. The summed E-state index contributed by atoms with van der Waals surface area (Å²) < 4.78 is 10.9. The van der Waals surface area contributed by atoms with Gasteiger partial charge in [0.2, 0.25) is 0 Å². The topological polar surface area (TPSA) is 68.5 Å². The van der Waals surface area contributed by atoms with E-state index in [1.165, 1.54) is 7.11 Å². The molecule has 0 spiro atoms. The van der Waals surface area contributed by atoms with E-state index in [2.05, 4.69) is 21.2 Å². The third kappa shape index (κ3) is 4.21. The maximum atomic E-state index is 12.2. The molecule has 2 aromatic rings. The molecule has 1 aromatic carbocycles. The van der Waals surface area contributed by atoms with Gasteiger partial charge in [-0.2, -0.15) is 0 Å². The van der Waals surface area contributed by atoms with Crippen molar-refractivity contribution in [3.8, 4) is 0 Å². The van der Waals surface area contributed by atoms with Gasteiger partial charge in [-0.1, -0.05) is 28.1 Å². The van der Waals surface area contributed by atoms with E-state index in [1.807, 2.05) is 24.3 Å². The number of methoxy groups -OCH3 is 1. The summed E-state index contributed by atoms with van der Waals surface area (Å²) in [6.07, 6.45) is 0.0452. The molecule has 1 N–H and O–H groups in total. The maximum absolute atomic E-state index is 12.2. The zero-order valence-electron chi connectivity index (χ0n) is 12.3. The van der Waals surface area contributed by atoms with Gasteiger partial charge >= 0.3 is 5.97 Å². The van der Waals surface area contributed by atoms with Gasteiger partial charge in [-0.3, -0.25) is 9.59 Å². The van der Waals surface area contributed by atoms with E-state index in [1.54, 1.807) is 19.1 Å². The van der Waals surface area contributed by atoms with Gasteiger partial charge in [-0.05, 0) is 36.8 Å². The smallest absolute Gasteiger partial charge is 0.307 e. The number of hydrogen-bond donors (Lipinski definition) is 1. The summed E-state index contributed by atoms with van der Waals surface area (Å²) in [5, 5.41) is 2.80. The summed E-state index contributed by atoms with van der Waals surface area (Å²) in [4.78, 5) is 23.8. The Hall–Kier alpha value is -2.08. The number of nitrogens with one attached hydrogen (secondary N) is 1. The molecule has 0 aliphatic heterocycles. The normalized spacial score (nSPS) is 11.8. The first kappa shape index (κ1) is 16.3. The van der Waals surface area contributed by atoms with Crippen LogP contribution in [0.4, 0.5) is 0 Å². The van der Waals surface area contributed by atoms with E-state index in [-0.39, 0.29) is 18.1 Å². The number of hydrogen-bond acceptors (Lipinski definition) is 4. The number of benzene rings is 1. The summed E-state index contributed by atoms with van der Waals surface area (Å²) in [5.41, 5.74) is 0.810. The number of amides is 1. The highest BCUT2D eigenvalue weighted by atomic mass is 79.9. The minimum atomic E-state index is -0.488. The third-order valence-electron chi connectivity index (χ3n) is 3.14. The van der Waals surface area contributed by atoms with Crippen molar-refractivity contribution in [3.05, 3.63) is 58.0 Å². The number of halogens is 1. The first-order chi connectivity index (χ1) is 10.5. The van der Waals surface area contributed by atoms with Gasteiger partial charge < -0.3 is 14.5 Å². The molecule has 6 heteroatoms. The Kier molecular flexibility index (Phi) is 5.38. The lowest BCUT2D eigenvalue weighted by atomic mass is 10.0. The fourth-order valence-corrected chi connectivity index (χ4v) is 2.25. The summed E-state index contributed by atoms with van der Waals surface area (Å²) in [6.45, 7) is 1.76. The van der Waals surface area contributed by atoms with Crippen LogP contribution in [-0.4, -0.2) is 19.0 Å². The van der Waals surface area contributed by atoms with Crippen LogP contribution in [0.2, 0.25) is 0 Å². The van der Waals surface area contributed by atoms with E-state index < -0.39 is 12.0 Å². The highest BCUT2D eigenvalue weighted by Crippen LogP contribution is 2.21. The Morgan fingerprint density at radius 2 is 1.91 bits per heavy atom. The standard InChI is InChI=1S/C16H16BrNO4/c1-10-3-8-14(22-10)16(20)18-13(9-15(19)21-2)11-4-6-12(17)7-5-11/h3-8,13H,9H2,1-2H3,(H,18,20). The Morgan fingerprint density at radius 1 is 1.23 bits per heavy atom. The average molecular weight is 366 g/mol. The fourth-order valence-electron chi connectivity index (χ4n) is 1.98. The number of carbonyl (C=O) groups excluding carboxylic acids is 2. The molecule has 0 aliphatic rings. The molecule has 0 radical (unpaired) electrons. The Labute approximate surface area is 136 Å². The van der Waals surface area contributed by atoms with Crippen LogP contribution in [0.15, 0.2) is 45.3 Å². The predicted molar refractivity (Wildman–Crippen MR) is 84.4 cm³/mol. The van der Waals surface area contributed by atoms with Gasteiger partial charge in [0.1, 0.15) is 5.76 Å². The van der Waals surface area contributed by atoms with E-state index in [4.69, 9.17) is 9.15 Å². The molecule has 1 unspecified atom stereocenters. The Bertz CT molecular complexity index is 663. The molecular formula is C16H16BrNO4. The van der Waals surface area contributed by atoms with Crippen LogP contribution in [0.3, 0.4) is 0 Å². The van der Waals surface area contributed by atoms with Gasteiger partial charge in [0, 0.05) is 4.47 Å². The van der Waals surface area contributed by atoms with Gasteiger partial charge in [0.25, 0.3) is 5.91 Å². The van der Waals surface area contributed by atoms with Crippen LogP contribution >= 0.6 is 15.9 Å². The molecule has 1 heterocycles. The zero-order valence-corrected chi connectivity index (χ0v) is 13.8. The second-order valence-corrected chi connectivity index (χ2v) is 5.68. The molecule has 0 saturated carbocycles. The fraction of sp³-hybridized carbons (Fsp3) is 0.250. The molecule has 2 rings (SSSR count). The summed E-state index contributed by atoms with van der Waals surface area (Å²) >= 11 is 3.36. The Balaban J connectivity index is 2.18. The van der Waals surface area contributed by atoms with E-state index in [0.717, 1.165) is 10.0 Å². The van der Waals surface area contributed by atoms with Crippen molar-refractivity contribution >= 4 is 27.8 Å². The molecule has 0 bridgehead atoms. The summed E-state index contributed by atoms with van der Waals surface area (Å²) in [6, 6.07) is 10.2. The summed E-state index contributed by atoms with van der Waals surface area (Å²) in [7, 11) is 1.32. The van der Waals surface area contributed by atoms with Crippen molar-refractivity contribution in [2.45, 2.75) is 19.4 Å². The van der Waals surface area contributed by atoms with Crippen molar-refractivity contribution in [2.75, 3.05) is 7.11 Å². The minimum absolute atomic E-state index is 0.0452. The maximum Gasteiger partial charge on any atom is 0.307 e. The number of aryl methyl sites for hydroxylation is 1. The van der Waals surface area contributed by atoms with E-state index >= 15 is 0 Å². The van der Waals surface area contributed by atoms with Crippen LogP contribution < -0.4 is 5.32 Å². The van der Waals surface area contributed by atoms with Crippen LogP contribution in [-0.2, 0) is 9.53 Å². The van der Waals surface area contributed by atoms with Gasteiger partial charge in [0.05, 0.1) is 19.6 Å². The van der Waals surface area contributed by atoms with Gasteiger partial charge in [0.15, 0.2) is 5.76 Å². The van der Waals surface area contributed by atoms with Gasteiger partial charge in [-0.15, -0.1) is 0 Å². The van der Waals surface area contributed by atoms with Crippen molar-refractivity contribution < 1.29 is 18.7 Å². The van der Waals surface area contributed by atoms with Crippen molar-refractivity contribution in [1.82, 2.24) is 5.32 Å². The van der Waals surface area contributed by atoms with Crippen LogP contribution in [0, 0.1) is 6.92 Å². The van der Waals surface area contributed by atoms with Crippen molar-refractivity contribution in [2.24, 2.45) is 0 Å². The molecule has 0 fully saturated rings. The molecular weight excluding hydrogens is 350 g/mol. The SMILES string of the molecule is COC(=O)CC(NC(=O)c1ccc(C)o1)c1ccc(Br)cc1. The molecule has 1 atom stereocenters. The van der Waals surface area contributed by atoms with Crippen molar-refractivity contribution in [3.63, 3.8) is 0 Å². The highest BCUT2D eigenvalue weighted by Gasteiger charge is 2.21. The van der Waals surface area contributed by atoms with Gasteiger partial charge in [-0.25, -0.2) is 0 Å². The first-order valence-corrected chi connectivity index (χ1v) is 7.48. The number of carbonyl (C=O) groups is 2. The lowest BCUT2D eigenvalue weighted by Gasteiger charge is -2.17. The largest absolute Gasteiger partial charge is 0.469 e. The predicted octanol–water partition coefficient (Wildman–Crippen LogP) is 3.38. The van der Waals surface area contributed by atoms with Crippen molar-refractivity contribution in [1.29, 1.82) is 0 Å². The molecule has 22 heavy (non-hydrogen) atoms. The first-order valence-electron chi connectivity index (χ1n) is 6.69. The average Bonchev–Trinajstić information content (AvgIpc) is 2.94. The lowest BCUT2D eigenvalue weighted by Crippen LogP contribution is -2.30. The Morgan fingerprint density at radius 3 is 2.45 bits per heavy atom. The third-order valence-corrected chi connectivity index (χ3v) is 3.67. The minimum Gasteiger partial charge on any atom is -0.469 e. The number of furan rings is 1. The highest BCUT2D eigenvalue weighted by molar-refractivity contribution is 9.10. The lowest BCUT2D eigenvalue weighted by molar-refractivity contribution is -0.141. The number of ether oxygens (including phenoxy) is 1. The molecule has 1 amide bonds. The zero-order chi connectivity index (χ0) is 16.1. The van der Waals surface area contributed by atoms with Crippen LogP contribution in [0.1, 0.15) is 34.3 Å². The van der Waals surface area contributed by atoms with Crippen LogP contribution in [0.25, 0.3) is 0 Å². The number of rotatable bonds is 5. The molecule has 5 nitrogen and oxygen atoms in total. The quantitative estimate of drug-likeness (QED) is 0.824. The van der Waals surface area contributed by atoms with Crippen LogP contribution in [0.5, 0.6) is 0 Å². The molecule has 1 aromatic heterocycles. The second kappa shape index (κ2) is 7.26. The molecule has 0 saturated heterocycles. The van der Waals surface area contributed by atoms with E-state index in [0.29, 0.717) is 5.76 Å².